The van der Waals surface area contributed by atoms with Gasteiger partial charge in [-0.15, -0.1) is 0 Å². The molecule has 2 N–H and O–H groups in total. The van der Waals surface area contributed by atoms with E-state index < -0.39 is 0 Å². The maximum Gasteiger partial charge on any atom is 0.0758 e. The van der Waals surface area contributed by atoms with Gasteiger partial charge in [-0.1, -0.05) is 52.3 Å². The highest BCUT2D eigenvalue weighted by molar-refractivity contribution is 5.37. The highest BCUT2D eigenvalue weighted by Crippen LogP contribution is 2.65. The molecular formula is C28H46O2. The van der Waals surface area contributed by atoms with Crippen LogP contribution in [-0.2, 0) is 0 Å². The Bertz CT molecular complexity index is 705. The van der Waals surface area contributed by atoms with Crippen molar-refractivity contribution in [3.63, 3.8) is 0 Å². The standard InChI is InChI=1S/C28H46O2/c1-17(2)18(3)7-8-19(4)22-9-10-23-26-24(12-14-28(22,23)6)27(5)13-11-21(29)15-20(27)16-25(26)30/h17,19-22,24-25,29-30H,3,7-16H2,1-2,4-6H3/t19-,20?,21+,22-,24?,25-,27+,28-/m1/s1. The Morgan fingerprint density at radius 3 is 2.50 bits per heavy atom. The van der Waals surface area contributed by atoms with Gasteiger partial charge in [0.05, 0.1) is 12.2 Å². The molecule has 8 atom stereocenters. The fourth-order valence-electron chi connectivity index (χ4n) is 8.30. The first-order chi connectivity index (χ1) is 14.1. The SMILES string of the molecule is C=C(CC[C@@H](C)[C@H]1CCC2=C3C(CC[C@@]21C)[C@@]1(C)CC[C@H](O)CC1C[C@H]3O)C(C)C. The lowest BCUT2D eigenvalue weighted by Crippen LogP contribution is -2.52. The van der Waals surface area contributed by atoms with Crippen LogP contribution in [0.3, 0.4) is 0 Å². The van der Waals surface area contributed by atoms with Crippen LogP contribution >= 0.6 is 0 Å². The summed E-state index contributed by atoms with van der Waals surface area (Å²) in [5.41, 5.74) is 5.06. The molecule has 170 valence electrons. The molecule has 4 aliphatic carbocycles. The average molecular weight is 415 g/mol. The van der Waals surface area contributed by atoms with Crippen molar-refractivity contribution in [2.75, 3.05) is 0 Å². The third-order valence-electron chi connectivity index (χ3n) is 10.5. The number of rotatable bonds is 5. The second kappa shape index (κ2) is 8.07. The summed E-state index contributed by atoms with van der Waals surface area (Å²) in [6.45, 7) is 16.3. The largest absolute Gasteiger partial charge is 0.393 e. The van der Waals surface area contributed by atoms with Crippen LogP contribution in [0.2, 0.25) is 0 Å². The molecule has 3 fully saturated rings. The minimum atomic E-state index is -0.275. The quantitative estimate of drug-likeness (QED) is 0.493. The molecule has 0 aromatic carbocycles. The molecule has 4 rings (SSSR count). The van der Waals surface area contributed by atoms with Crippen molar-refractivity contribution < 1.29 is 10.2 Å². The van der Waals surface area contributed by atoms with Gasteiger partial charge in [-0.25, -0.2) is 0 Å². The monoisotopic (exact) mass is 414 g/mol. The van der Waals surface area contributed by atoms with Crippen LogP contribution < -0.4 is 0 Å². The molecule has 2 unspecified atom stereocenters. The van der Waals surface area contributed by atoms with Crippen molar-refractivity contribution in [2.24, 2.45) is 40.4 Å². The molecule has 0 radical (unpaired) electrons. The van der Waals surface area contributed by atoms with Crippen LogP contribution in [0, 0.1) is 40.4 Å². The Kier molecular flexibility index (Phi) is 6.08. The van der Waals surface area contributed by atoms with Crippen LogP contribution in [-0.4, -0.2) is 22.4 Å². The molecule has 0 heterocycles. The highest BCUT2D eigenvalue weighted by atomic mass is 16.3. The Balaban J connectivity index is 1.58. The molecule has 0 spiro atoms. The van der Waals surface area contributed by atoms with Gasteiger partial charge in [0.2, 0.25) is 0 Å². The van der Waals surface area contributed by atoms with E-state index in [0.29, 0.717) is 23.7 Å². The lowest BCUT2D eigenvalue weighted by Gasteiger charge is -2.58. The van der Waals surface area contributed by atoms with Gasteiger partial charge in [-0.3, -0.25) is 0 Å². The molecule has 0 aromatic rings. The molecule has 4 aliphatic rings. The lowest BCUT2D eigenvalue weighted by atomic mass is 9.48. The molecule has 0 aromatic heterocycles. The Morgan fingerprint density at radius 1 is 1.07 bits per heavy atom. The maximum atomic E-state index is 11.3. The second-order valence-corrected chi connectivity index (χ2v) is 12.3. The zero-order valence-electron chi connectivity index (χ0n) is 20.2. The molecule has 2 nitrogen and oxygen atoms in total. The number of allylic oxidation sites excluding steroid dienone is 2. The topological polar surface area (TPSA) is 40.5 Å². The van der Waals surface area contributed by atoms with E-state index in [0.717, 1.165) is 38.0 Å². The zero-order valence-corrected chi connectivity index (χ0v) is 20.2. The van der Waals surface area contributed by atoms with Gasteiger partial charge in [-0.05, 0) is 110 Å². The van der Waals surface area contributed by atoms with Crippen LogP contribution in [0.25, 0.3) is 0 Å². The van der Waals surface area contributed by atoms with E-state index in [4.69, 9.17) is 0 Å². The normalized spacial score (nSPS) is 44.5. The zero-order chi connectivity index (χ0) is 21.8. The summed E-state index contributed by atoms with van der Waals surface area (Å²) in [6.07, 6.45) is 10.8. The Morgan fingerprint density at radius 2 is 1.80 bits per heavy atom. The fourth-order valence-corrected chi connectivity index (χ4v) is 8.30. The van der Waals surface area contributed by atoms with E-state index in [2.05, 4.69) is 41.2 Å². The smallest absolute Gasteiger partial charge is 0.0758 e. The average Bonchev–Trinajstić information content (AvgIpc) is 3.04. The van der Waals surface area contributed by atoms with Crippen molar-refractivity contribution in [1.82, 2.24) is 0 Å². The predicted molar refractivity (Wildman–Crippen MR) is 125 cm³/mol. The van der Waals surface area contributed by atoms with Gasteiger partial charge in [0.25, 0.3) is 0 Å². The summed E-state index contributed by atoms with van der Waals surface area (Å²) < 4.78 is 0. The predicted octanol–water partition coefficient (Wildman–Crippen LogP) is 6.67. The molecule has 0 saturated heterocycles. The first kappa shape index (κ1) is 22.6. The van der Waals surface area contributed by atoms with E-state index >= 15 is 0 Å². The molecule has 3 saturated carbocycles. The summed E-state index contributed by atoms with van der Waals surface area (Å²) in [6, 6.07) is 0. The summed E-state index contributed by atoms with van der Waals surface area (Å²) in [4.78, 5) is 0. The summed E-state index contributed by atoms with van der Waals surface area (Å²) in [5.74, 6) is 3.06. The Labute approximate surface area is 185 Å². The van der Waals surface area contributed by atoms with Crippen molar-refractivity contribution in [3.05, 3.63) is 23.3 Å². The summed E-state index contributed by atoms with van der Waals surface area (Å²) in [7, 11) is 0. The number of aliphatic hydroxyl groups excluding tert-OH is 2. The van der Waals surface area contributed by atoms with Crippen molar-refractivity contribution in [1.29, 1.82) is 0 Å². The molecular weight excluding hydrogens is 368 g/mol. The second-order valence-electron chi connectivity index (χ2n) is 12.3. The van der Waals surface area contributed by atoms with Crippen LogP contribution in [0.5, 0.6) is 0 Å². The van der Waals surface area contributed by atoms with E-state index in [1.54, 1.807) is 5.57 Å². The van der Waals surface area contributed by atoms with Gasteiger partial charge in [-0.2, -0.15) is 0 Å². The van der Waals surface area contributed by atoms with Crippen LogP contribution in [0.15, 0.2) is 23.3 Å². The van der Waals surface area contributed by atoms with Crippen molar-refractivity contribution in [3.8, 4) is 0 Å². The van der Waals surface area contributed by atoms with E-state index in [1.165, 1.54) is 43.3 Å². The van der Waals surface area contributed by atoms with Crippen molar-refractivity contribution >= 4 is 0 Å². The van der Waals surface area contributed by atoms with Gasteiger partial charge in [0.15, 0.2) is 0 Å². The summed E-state index contributed by atoms with van der Waals surface area (Å²) in [5, 5.41) is 21.6. The third-order valence-corrected chi connectivity index (χ3v) is 10.5. The number of hydrogen-bond donors (Lipinski definition) is 2. The van der Waals surface area contributed by atoms with Gasteiger partial charge < -0.3 is 10.2 Å². The van der Waals surface area contributed by atoms with Gasteiger partial charge in [0, 0.05) is 0 Å². The highest BCUT2D eigenvalue weighted by Gasteiger charge is 2.57. The van der Waals surface area contributed by atoms with E-state index in [1.807, 2.05) is 0 Å². The van der Waals surface area contributed by atoms with E-state index in [9.17, 15) is 10.2 Å². The lowest BCUT2D eigenvalue weighted by molar-refractivity contribution is -0.0664. The van der Waals surface area contributed by atoms with Gasteiger partial charge >= 0.3 is 0 Å². The minimum absolute atomic E-state index is 0.157. The number of hydrogen-bond acceptors (Lipinski definition) is 2. The molecule has 2 heteroatoms. The third kappa shape index (κ3) is 3.54. The molecule has 0 aliphatic heterocycles. The number of fused-ring (bicyclic) bond motifs is 4. The minimum Gasteiger partial charge on any atom is -0.393 e. The Hall–Kier alpha value is -0.600. The first-order valence-corrected chi connectivity index (χ1v) is 12.8. The first-order valence-electron chi connectivity index (χ1n) is 12.8. The molecule has 0 bridgehead atoms. The van der Waals surface area contributed by atoms with Gasteiger partial charge in [0.1, 0.15) is 0 Å². The molecule has 0 amide bonds. The van der Waals surface area contributed by atoms with Crippen molar-refractivity contribution in [2.45, 2.75) is 111 Å². The summed E-state index contributed by atoms with van der Waals surface area (Å²) >= 11 is 0. The maximum absolute atomic E-state index is 11.3. The van der Waals surface area contributed by atoms with Crippen LogP contribution in [0.4, 0.5) is 0 Å². The van der Waals surface area contributed by atoms with Crippen LogP contribution in [0.1, 0.15) is 98.8 Å². The molecule has 30 heavy (non-hydrogen) atoms. The van der Waals surface area contributed by atoms with E-state index in [-0.39, 0.29) is 23.0 Å². The number of aliphatic hydroxyl groups is 2. The fraction of sp³-hybridized carbons (Fsp3) is 0.857.